The maximum Gasteiger partial charge on any atom is 0.338 e. The molecule has 2 aliphatic carbocycles. The molecular formula is C18H24O4. The summed E-state index contributed by atoms with van der Waals surface area (Å²) in [7, 11) is 1.46. The maximum absolute atomic E-state index is 12.5. The molecule has 0 radical (unpaired) electrons. The first-order chi connectivity index (χ1) is 10.3. The van der Waals surface area contributed by atoms with Gasteiger partial charge in [-0.05, 0) is 48.8 Å². The van der Waals surface area contributed by atoms with Crippen LogP contribution in [0.15, 0.2) is 18.2 Å². The standard InChI is InChI=1S/C18H24O4/c1-17(2)12-7-8-18(17,3)15(10-12)22-16(20)11-5-6-13(19)14(9-11)21-4/h5-6,9,12,15,19H,7-8,10H2,1-4H3/t12-,15+,18-/m1/s1. The molecule has 2 bridgehead atoms. The van der Waals surface area contributed by atoms with E-state index in [9.17, 15) is 9.90 Å². The first kappa shape index (κ1) is 15.2. The number of hydrogen-bond donors (Lipinski definition) is 1. The Balaban J connectivity index is 1.79. The van der Waals surface area contributed by atoms with Gasteiger partial charge in [-0.15, -0.1) is 0 Å². The molecule has 1 aromatic rings. The van der Waals surface area contributed by atoms with Crippen LogP contribution in [0.1, 0.15) is 50.4 Å². The van der Waals surface area contributed by atoms with Gasteiger partial charge in [0.15, 0.2) is 11.5 Å². The van der Waals surface area contributed by atoms with Crippen molar-refractivity contribution in [1.29, 1.82) is 0 Å². The second-order valence-electron chi connectivity index (χ2n) is 7.39. The molecule has 0 heterocycles. The van der Waals surface area contributed by atoms with E-state index < -0.39 is 0 Å². The smallest absolute Gasteiger partial charge is 0.338 e. The van der Waals surface area contributed by atoms with Gasteiger partial charge in [-0.3, -0.25) is 0 Å². The number of fused-ring (bicyclic) bond motifs is 2. The first-order valence-corrected chi connectivity index (χ1v) is 7.87. The van der Waals surface area contributed by atoms with Crippen LogP contribution >= 0.6 is 0 Å². The van der Waals surface area contributed by atoms with Crippen LogP contribution in [-0.2, 0) is 4.74 Å². The van der Waals surface area contributed by atoms with Crippen LogP contribution in [0.25, 0.3) is 0 Å². The molecule has 0 unspecified atom stereocenters. The van der Waals surface area contributed by atoms with Crippen molar-refractivity contribution >= 4 is 5.97 Å². The number of phenolic OH excluding ortho intramolecular Hbond substituents is 1. The summed E-state index contributed by atoms with van der Waals surface area (Å²) in [4.78, 5) is 12.5. The summed E-state index contributed by atoms with van der Waals surface area (Å²) in [5, 5.41) is 9.62. The highest BCUT2D eigenvalue weighted by atomic mass is 16.5. The Morgan fingerprint density at radius 3 is 2.59 bits per heavy atom. The van der Waals surface area contributed by atoms with E-state index in [0.29, 0.717) is 11.5 Å². The lowest BCUT2D eigenvalue weighted by Gasteiger charge is -2.38. The first-order valence-electron chi connectivity index (χ1n) is 7.87. The Labute approximate surface area is 131 Å². The van der Waals surface area contributed by atoms with Crippen LogP contribution in [0, 0.1) is 16.7 Å². The zero-order valence-corrected chi connectivity index (χ0v) is 13.7. The average molecular weight is 304 g/mol. The van der Waals surface area contributed by atoms with Gasteiger partial charge in [-0.2, -0.15) is 0 Å². The lowest BCUT2D eigenvalue weighted by molar-refractivity contribution is -0.0242. The summed E-state index contributed by atoms with van der Waals surface area (Å²) in [6.07, 6.45) is 3.25. The number of hydrogen-bond acceptors (Lipinski definition) is 4. The zero-order valence-electron chi connectivity index (χ0n) is 13.7. The van der Waals surface area contributed by atoms with E-state index >= 15 is 0 Å². The van der Waals surface area contributed by atoms with Crippen molar-refractivity contribution in [1.82, 2.24) is 0 Å². The minimum Gasteiger partial charge on any atom is -0.504 e. The summed E-state index contributed by atoms with van der Waals surface area (Å²) < 4.78 is 10.9. The molecule has 22 heavy (non-hydrogen) atoms. The van der Waals surface area contributed by atoms with Crippen molar-refractivity contribution in [3.8, 4) is 11.5 Å². The molecule has 0 amide bonds. The van der Waals surface area contributed by atoms with Gasteiger partial charge in [-0.25, -0.2) is 4.79 Å². The van der Waals surface area contributed by atoms with Crippen LogP contribution < -0.4 is 4.74 Å². The van der Waals surface area contributed by atoms with Gasteiger partial charge in [0.1, 0.15) is 6.10 Å². The minimum absolute atomic E-state index is 0.0204. The fraction of sp³-hybridized carbons (Fsp3) is 0.611. The molecule has 2 saturated carbocycles. The van der Waals surface area contributed by atoms with Crippen molar-refractivity contribution in [2.45, 2.75) is 46.1 Å². The minimum atomic E-state index is -0.340. The number of aromatic hydroxyl groups is 1. The number of carbonyl (C=O) groups is 1. The number of esters is 1. The van der Waals surface area contributed by atoms with Crippen LogP contribution in [0.3, 0.4) is 0 Å². The fourth-order valence-electron chi connectivity index (χ4n) is 4.31. The number of carbonyl (C=O) groups excluding carboxylic acids is 1. The highest BCUT2D eigenvalue weighted by molar-refractivity contribution is 5.90. The van der Waals surface area contributed by atoms with Gasteiger partial charge in [0.2, 0.25) is 0 Å². The third kappa shape index (κ3) is 2.00. The second kappa shape index (κ2) is 4.90. The highest BCUT2D eigenvalue weighted by Crippen LogP contribution is 2.66. The lowest BCUT2D eigenvalue weighted by Crippen LogP contribution is -2.38. The molecule has 2 aliphatic rings. The zero-order chi connectivity index (χ0) is 16.1. The molecule has 0 aliphatic heterocycles. The molecule has 0 saturated heterocycles. The van der Waals surface area contributed by atoms with E-state index in [0.717, 1.165) is 12.8 Å². The van der Waals surface area contributed by atoms with E-state index in [2.05, 4.69) is 20.8 Å². The Hall–Kier alpha value is -1.71. The normalized spacial score (nSPS) is 32.0. The van der Waals surface area contributed by atoms with Gasteiger partial charge < -0.3 is 14.6 Å². The third-order valence-electron chi connectivity index (χ3n) is 6.38. The SMILES string of the molecule is COc1cc(C(=O)O[C@H]2C[C@H]3CC[C@@]2(C)C3(C)C)ccc1O. The van der Waals surface area contributed by atoms with Crippen molar-refractivity contribution in [2.24, 2.45) is 16.7 Å². The van der Waals surface area contributed by atoms with Crippen molar-refractivity contribution in [2.75, 3.05) is 7.11 Å². The third-order valence-corrected chi connectivity index (χ3v) is 6.38. The number of rotatable bonds is 3. The summed E-state index contributed by atoms with van der Waals surface area (Å²) >= 11 is 0. The predicted octanol–water partition coefficient (Wildman–Crippen LogP) is 3.77. The van der Waals surface area contributed by atoms with Gasteiger partial charge >= 0.3 is 5.97 Å². The van der Waals surface area contributed by atoms with Crippen LogP contribution in [0.4, 0.5) is 0 Å². The van der Waals surface area contributed by atoms with Crippen LogP contribution in [-0.4, -0.2) is 24.3 Å². The van der Waals surface area contributed by atoms with Crippen LogP contribution in [0.2, 0.25) is 0 Å². The van der Waals surface area contributed by atoms with Crippen molar-refractivity contribution < 1.29 is 19.4 Å². The molecule has 120 valence electrons. The Morgan fingerprint density at radius 1 is 1.32 bits per heavy atom. The predicted molar refractivity (Wildman–Crippen MR) is 83.1 cm³/mol. The Morgan fingerprint density at radius 2 is 2.05 bits per heavy atom. The maximum atomic E-state index is 12.5. The molecule has 1 aromatic carbocycles. The molecular weight excluding hydrogens is 280 g/mol. The molecule has 2 fully saturated rings. The van der Waals surface area contributed by atoms with Crippen molar-refractivity contribution in [3.63, 3.8) is 0 Å². The lowest BCUT2D eigenvalue weighted by atomic mass is 9.70. The van der Waals surface area contributed by atoms with Gasteiger partial charge in [0.25, 0.3) is 0 Å². The number of phenols is 1. The number of methoxy groups -OCH3 is 1. The quantitative estimate of drug-likeness (QED) is 0.864. The second-order valence-corrected chi connectivity index (χ2v) is 7.39. The molecule has 3 atom stereocenters. The van der Waals surface area contributed by atoms with Crippen molar-refractivity contribution in [3.05, 3.63) is 23.8 Å². The summed E-state index contributed by atoms with van der Waals surface area (Å²) in [5.41, 5.74) is 0.678. The Bertz CT molecular complexity index is 607. The van der Waals surface area contributed by atoms with Gasteiger partial charge in [-0.1, -0.05) is 20.8 Å². The van der Waals surface area contributed by atoms with Gasteiger partial charge in [0, 0.05) is 5.41 Å². The molecule has 1 N–H and O–H groups in total. The molecule has 4 heteroatoms. The number of benzene rings is 1. The van der Waals surface area contributed by atoms with E-state index in [1.165, 1.54) is 25.7 Å². The summed E-state index contributed by atoms with van der Waals surface area (Å²) in [6.45, 7) is 6.83. The Kier molecular flexibility index (Phi) is 3.38. The van der Waals surface area contributed by atoms with Gasteiger partial charge in [0.05, 0.1) is 12.7 Å². The highest BCUT2D eigenvalue weighted by Gasteiger charge is 2.62. The number of ether oxygens (including phenoxy) is 2. The summed E-state index contributed by atoms with van der Waals surface area (Å²) in [6, 6.07) is 4.56. The summed E-state index contributed by atoms with van der Waals surface area (Å²) in [5.74, 6) is 0.596. The van der Waals surface area contributed by atoms with E-state index in [1.807, 2.05) is 0 Å². The molecule has 0 spiro atoms. The monoisotopic (exact) mass is 304 g/mol. The molecule has 3 rings (SSSR count). The van der Waals surface area contributed by atoms with E-state index in [4.69, 9.17) is 9.47 Å². The largest absolute Gasteiger partial charge is 0.504 e. The fourth-order valence-corrected chi connectivity index (χ4v) is 4.31. The molecule has 4 nitrogen and oxygen atoms in total. The topological polar surface area (TPSA) is 55.8 Å². The van der Waals surface area contributed by atoms with E-state index in [-0.39, 0.29) is 34.4 Å². The molecule has 0 aromatic heterocycles. The van der Waals surface area contributed by atoms with Crippen LogP contribution in [0.5, 0.6) is 11.5 Å². The van der Waals surface area contributed by atoms with E-state index in [1.54, 1.807) is 6.07 Å². The average Bonchev–Trinajstić information content (AvgIpc) is 2.81.